The van der Waals surface area contributed by atoms with E-state index in [9.17, 15) is 4.79 Å². The van der Waals surface area contributed by atoms with Gasteiger partial charge in [-0.3, -0.25) is 9.69 Å². The van der Waals surface area contributed by atoms with Crippen LogP contribution in [0.15, 0.2) is 0 Å². The molecule has 2 aliphatic rings. The Morgan fingerprint density at radius 2 is 2.28 bits per heavy atom. The number of carbonyl (C=O) groups excluding carboxylic acids is 1. The van der Waals surface area contributed by atoms with Crippen LogP contribution in [0.1, 0.15) is 26.2 Å². The largest absolute Gasteiger partial charge is 0.375 e. The van der Waals surface area contributed by atoms with E-state index in [0.717, 1.165) is 19.6 Å². The van der Waals surface area contributed by atoms with Gasteiger partial charge in [0.05, 0.1) is 19.1 Å². The molecule has 2 N–H and O–H groups in total. The van der Waals surface area contributed by atoms with Crippen LogP contribution in [0.5, 0.6) is 0 Å². The molecular formula is C13H25N3O2. The number of nitrogens with zero attached hydrogens (tertiary/aromatic N) is 1. The predicted molar refractivity (Wildman–Crippen MR) is 70.5 cm³/mol. The van der Waals surface area contributed by atoms with Crippen molar-refractivity contribution in [3.63, 3.8) is 0 Å². The molecule has 2 saturated heterocycles. The third-order valence-electron chi connectivity index (χ3n) is 3.78. The highest BCUT2D eigenvalue weighted by Gasteiger charge is 2.20. The van der Waals surface area contributed by atoms with Crippen LogP contribution in [0.4, 0.5) is 0 Å². The van der Waals surface area contributed by atoms with E-state index in [4.69, 9.17) is 4.74 Å². The van der Waals surface area contributed by atoms with Crippen LogP contribution in [0.3, 0.4) is 0 Å². The summed E-state index contributed by atoms with van der Waals surface area (Å²) in [4.78, 5) is 14.2. The van der Waals surface area contributed by atoms with Crippen molar-refractivity contribution >= 4 is 5.91 Å². The molecule has 104 valence electrons. The highest BCUT2D eigenvalue weighted by molar-refractivity contribution is 5.76. The number of carbonyl (C=O) groups is 1. The normalized spacial score (nSPS) is 27.1. The van der Waals surface area contributed by atoms with E-state index in [1.165, 1.54) is 25.9 Å². The third kappa shape index (κ3) is 4.23. The summed E-state index contributed by atoms with van der Waals surface area (Å²) in [6.07, 6.45) is 3.10. The first-order chi connectivity index (χ1) is 8.75. The zero-order chi connectivity index (χ0) is 12.8. The summed E-state index contributed by atoms with van der Waals surface area (Å²) in [5.41, 5.74) is 0. The Morgan fingerprint density at radius 1 is 1.50 bits per heavy atom. The first-order valence-corrected chi connectivity index (χ1v) is 7.09. The number of rotatable bonds is 5. The van der Waals surface area contributed by atoms with E-state index < -0.39 is 0 Å². The highest BCUT2D eigenvalue weighted by Crippen LogP contribution is 2.10. The van der Waals surface area contributed by atoms with Gasteiger partial charge >= 0.3 is 0 Å². The van der Waals surface area contributed by atoms with Crippen LogP contribution in [0.2, 0.25) is 0 Å². The summed E-state index contributed by atoms with van der Waals surface area (Å²) in [6.45, 7) is 7.67. The third-order valence-corrected chi connectivity index (χ3v) is 3.78. The first-order valence-electron chi connectivity index (χ1n) is 7.09. The molecule has 0 radical (unpaired) electrons. The van der Waals surface area contributed by atoms with Gasteiger partial charge in [-0.15, -0.1) is 0 Å². The van der Waals surface area contributed by atoms with Gasteiger partial charge in [-0.1, -0.05) is 0 Å². The van der Waals surface area contributed by atoms with E-state index >= 15 is 0 Å². The van der Waals surface area contributed by atoms with Gasteiger partial charge in [-0.25, -0.2) is 0 Å². The van der Waals surface area contributed by atoms with Crippen molar-refractivity contribution < 1.29 is 9.53 Å². The van der Waals surface area contributed by atoms with Crippen LogP contribution in [0, 0.1) is 0 Å². The van der Waals surface area contributed by atoms with Gasteiger partial charge in [0.1, 0.15) is 0 Å². The lowest BCUT2D eigenvalue weighted by atomic mass is 10.2. The van der Waals surface area contributed by atoms with Crippen molar-refractivity contribution in [2.24, 2.45) is 0 Å². The molecule has 0 bridgehead atoms. The summed E-state index contributed by atoms with van der Waals surface area (Å²) in [5.74, 6) is 0.106. The average molecular weight is 255 g/mol. The minimum absolute atomic E-state index is 0.0424. The minimum atomic E-state index is 0.0424. The van der Waals surface area contributed by atoms with Gasteiger partial charge in [0.2, 0.25) is 5.91 Å². The van der Waals surface area contributed by atoms with E-state index in [1.54, 1.807) is 0 Å². The molecule has 0 aromatic carbocycles. The van der Waals surface area contributed by atoms with Crippen molar-refractivity contribution in [3.8, 4) is 0 Å². The number of amides is 1. The van der Waals surface area contributed by atoms with Crippen LogP contribution < -0.4 is 10.6 Å². The fraction of sp³-hybridized carbons (Fsp3) is 0.923. The van der Waals surface area contributed by atoms with Crippen molar-refractivity contribution in [1.82, 2.24) is 15.5 Å². The number of likely N-dealkylation sites (tertiary alicyclic amines) is 1. The quantitative estimate of drug-likeness (QED) is 0.724. The second-order valence-electron chi connectivity index (χ2n) is 5.30. The summed E-state index contributed by atoms with van der Waals surface area (Å²) in [6, 6.07) is 0.446. The average Bonchev–Trinajstić information content (AvgIpc) is 2.91. The van der Waals surface area contributed by atoms with Gasteiger partial charge < -0.3 is 15.4 Å². The van der Waals surface area contributed by atoms with Crippen molar-refractivity contribution in [2.45, 2.75) is 38.3 Å². The van der Waals surface area contributed by atoms with Crippen LogP contribution in [0.25, 0.3) is 0 Å². The molecule has 2 fully saturated rings. The Kier molecular flexibility index (Phi) is 5.41. The maximum absolute atomic E-state index is 11.8. The van der Waals surface area contributed by atoms with E-state index in [-0.39, 0.29) is 12.0 Å². The maximum Gasteiger partial charge on any atom is 0.222 e. The monoisotopic (exact) mass is 255 g/mol. The van der Waals surface area contributed by atoms with Crippen molar-refractivity contribution in [1.29, 1.82) is 0 Å². The second kappa shape index (κ2) is 7.07. The van der Waals surface area contributed by atoms with Gasteiger partial charge in [0.25, 0.3) is 0 Å². The van der Waals surface area contributed by atoms with Gasteiger partial charge in [0.15, 0.2) is 0 Å². The predicted octanol–water partition coefficient (Wildman–Crippen LogP) is -0.0346. The number of morpholine rings is 1. The number of ether oxygens (including phenoxy) is 1. The molecule has 0 aromatic rings. The first kappa shape index (κ1) is 13.8. The van der Waals surface area contributed by atoms with Gasteiger partial charge in [-0.05, 0) is 32.9 Å². The Labute approximate surface area is 109 Å². The molecule has 0 saturated carbocycles. The molecule has 5 nitrogen and oxygen atoms in total. The molecule has 2 heterocycles. The van der Waals surface area contributed by atoms with Crippen molar-refractivity contribution in [3.05, 3.63) is 0 Å². The molecule has 1 amide bonds. The zero-order valence-electron chi connectivity index (χ0n) is 11.3. The second-order valence-corrected chi connectivity index (χ2v) is 5.30. The molecule has 2 aliphatic heterocycles. The van der Waals surface area contributed by atoms with Gasteiger partial charge in [0, 0.05) is 25.7 Å². The molecule has 5 heteroatoms. The SMILES string of the molecule is CC(CNC(=O)CC1CNCCO1)N1CCCC1. The molecular weight excluding hydrogens is 230 g/mol. The molecule has 2 rings (SSSR count). The van der Waals surface area contributed by atoms with E-state index in [2.05, 4.69) is 22.5 Å². The zero-order valence-corrected chi connectivity index (χ0v) is 11.3. The Hall–Kier alpha value is -0.650. The lowest BCUT2D eigenvalue weighted by Gasteiger charge is -2.25. The minimum Gasteiger partial charge on any atom is -0.375 e. The lowest BCUT2D eigenvalue weighted by molar-refractivity contribution is -0.124. The summed E-state index contributed by atoms with van der Waals surface area (Å²) < 4.78 is 5.52. The molecule has 0 spiro atoms. The molecule has 0 aromatic heterocycles. The maximum atomic E-state index is 11.8. The van der Waals surface area contributed by atoms with Gasteiger partial charge in [-0.2, -0.15) is 0 Å². The fourth-order valence-electron chi connectivity index (χ4n) is 2.60. The standard InChI is InChI=1S/C13H25N3O2/c1-11(16-5-2-3-6-16)9-15-13(17)8-12-10-14-4-7-18-12/h11-12,14H,2-10H2,1H3,(H,15,17). The number of nitrogens with one attached hydrogen (secondary N) is 2. The van der Waals surface area contributed by atoms with Crippen molar-refractivity contribution in [2.75, 3.05) is 39.3 Å². The number of hydrogen-bond acceptors (Lipinski definition) is 4. The molecule has 18 heavy (non-hydrogen) atoms. The topological polar surface area (TPSA) is 53.6 Å². The summed E-state index contributed by atoms with van der Waals surface area (Å²) >= 11 is 0. The number of hydrogen-bond donors (Lipinski definition) is 2. The molecule has 0 aliphatic carbocycles. The van der Waals surface area contributed by atoms with E-state index in [1.807, 2.05) is 0 Å². The molecule has 2 unspecified atom stereocenters. The lowest BCUT2D eigenvalue weighted by Crippen LogP contribution is -2.44. The smallest absolute Gasteiger partial charge is 0.222 e. The van der Waals surface area contributed by atoms with Crippen LogP contribution in [-0.4, -0.2) is 62.3 Å². The molecule has 2 atom stereocenters. The van der Waals surface area contributed by atoms with Crippen LogP contribution >= 0.6 is 0 Å². The van der Waals surface area contributed by atoms with E-state index in [0.29, 0.717) is 19.1 Å². The van der Waals surface area contributed by atoms with Crippen LogP contribution in [-0.2, 0) is 9.53 Å². The highest BCUT2D eigenvalue weighted by atomic mass is 16.5. The Morgan fingerprint density at radius 3 is 2.94 bits per heavy atom. The fourth-order valence-corrected chi connectivity index (χ4v) is 2.60. The summed E-state index contributed by atoms with van der Waals surface area (Å²) in [5, 5.41) is 6.25. The Balaban J connectivity index is 1.61. The Bertz CT molecular complexity index is 261. The summed E-state index contributed by atoms with van der Waals surface area (Å²) in [7, 11) is 0.